The maximum atomic E-state index is 13.3. The first kappa shape index (κ1) is 15.9. The summed E-state index contributed by atoms with van der Waals surface area (Å²) < 4.78 is 13.3. The van der Waals surface area contributed by atoms with Gasteiger partial charge in [-0.25, -0.2) is 9.37 Å². The predicted molar refractivity (Wildman–Crippen MR) is 78.0 cm³/mol. The van der Waals surface area contributed by atoms with Crippen molar-refractivity contribution in [3.8, 4) is 0 Å². The summed E-state index contributed by atoms with van der Waals surface area (Å²) in [7, 11) is 5.99. The fraction of sp³-hybridized carbons (Fsp3) is 0.643. The monoisotopic (exact) mass is 268 g/mol. The van der Waals surface area contributed by atoms with Crippen LogP contribution in [0.15, 0.2) is 12.3 Å². The Bertz CT molecular complexity index is 382. The molecule has 1 heterocycles. The average Bonchev–Trinajstić information content (AvgIpc) is 2.36. The van der Waals surface area contributed by atoms with E-state index in [9.17, 15) is 4.39 Å². The largest absolute Gasteiger partial charge is 0.357 e. The average molecular weight is 268 g/mol. The van der Waals surface area contributed by atoms with Gasteiger partial charge in [0.15, 0.2) is 0 Å². The molecule has 0 saturated heterocycles. The Labute approximate surface area is 115 Å². The van der Waals surface area contributed by atoms with Gasteiger partial charge in [0, 0.05) is 25.2 Å². The van der Waals surface area contributed by atoms with Crippen molar-refractivity contribution in [2.75, 3.05) is 45.7 Å². The molecule has 1 aromatic heterocycles. The number of nitrogens with one attached hydrogen (secondary N) is 1. The molecule has 108 valence electrons. The maximum absolute atomic E-state index is 13.3. The van der Waals surface area contributed by atoms with Gasteiger partial charge in [-0.2, -0.15) is 0 Å². The molecule has 0 bridgehead atoms. The fourth-order valence-electron chi connectivity index (χ4n) is 2.07. The van der Waals surface area contributed by atoms with Crippen molar-refractivity contribution in [3.05, 3.63) is 23.6 Å². The second-order valence-corrected chi connectivity index (χ2v) is 4.90. The third-order valence-corrected chi connectivity index (χ3v) is 2.99. The Morgan fingerprint density at radius 2 is 2.05 bits per heavy atom. The van der Waals surface area contributed by atoms with Crippen LogP contribution in [0.4, 0.5) is 10.2 Å². The summed E-state index contributed by atoms with van der Waals surface area (Å²) in [6.45, 7) is 5.58. The molecule has 0 unspecified atom stereocenters. The predicted octanol–water partition coefficient (Wildman–Crippen LogP) is 1.72. The lowest BCUT2D eigenvalue weighted by Gasteiger charge is -2.25. The van der Waals surface area contributed by atoms with E-state index < -0.39 is 0 Å². The highest BCUT2D eigenvalue weighted by atomic mass is 19.1. The van der Waals surface area contributed by atoms with Crippen LogP contribution >= 0.6 is 0 Å². The number of nitrogens with zero attached hydrogens (tertiary/aromatic N) is 3. The standard InChI is InChI=1S/C14H25FN4/c1-5-19(8-6-7-18(3)4)14-12(10-16-2)9-13(15)11-17-14/h9,11,16H,5-8,10H2,1-4H3. The number of halogens is 1. The maximum Gasteiger partial charge on any atom is 0.141 e. The first-order chi connectivity index (χ1) is 9.08. The number of anilines is 1. The second-order valence-electron chi connectivity index (χ2n) is 4.90. The van der Waals surface area contributed by atoms with Crippen molar-refractivity contribution < 1.29 is 4.39 Å². The van der Waals surface area contributed by atoms with E-state index in [4.69, 9.17) is 0 Å². The third kappa shape index (κ3) is 5.12. The van der Waals surface area contributed by atoms with Crippen molar-refractivity contribution in [2.45, 2.75) is 19.9 Å². The van der Waals surface area contributed by atoms with E-state index in [1.807, 2.05) is 7.05 Å². The minimum Gasteiger partial charge on any atom is -0.357 e. The zero-order valence-electron chi connectivity index (χ0n) is 12.4. The van der Waals surface area contributed by atoms with Crippen LogP contribution in [-0.4, -0.2) is 50.7 Å². The second kappa shape index (κ2) is 8.07. The zero-order valence-corrected chi connectivity index (χ0v) is 12.4. The van der Waals surface area contributed by atoms with E-state index in [1.54, 1.807) is 6.07 Å². The van der Waals surface area contributed by atoms with Gasteiger partial charge >= 0.3 is 0 Å². The number of hydrogen-bond donors (Lipinski definition) is 1. The lowest BCUT2D eigenvalue weighted by molar-refractivity contribution is 0.400. The molecule has 4 nitrogen and oxygen atoms in total. The number of rotatable bonds is 8. The van der Waals surface area contributed by atoms with E-state index in [1.165, 1.54) is 6.20 Å². The lowest BCUT2D eigenvalue weighted by Crippen LogP contribution is -2.29. The Hall–Kier alpha value is -1.20. The molecule has 0 spiro atoms. The van der Waals surface area contributed by atoms with Crippen LogP contribution in [0.5, 0.6) is 0 Å². The Balaban J connectivity index is 2.78. The van der Waals surface area contributed by atoms with Gasteiger partial charge in [-0.3, -0.25) is 0 Å². The molecule has 19 heavy (non-hydrogen) atoms. The first-order valence-electron chi connectivity index (χ1n) is 6.77. The van der Waals surface area contributed by atoms with Gasteiger partial charge in [-0.05, 0) is 47.1 Å². The van der Waals surface area contributed by atoms with Crippen molar-refractivity contribution >= 4 is 5.82 Å². The summed E-state index contributed by atoms with van der Waals surface area (Å²) >= 11 is 0. The van der Waals surface area contributed by atoms with Crippen molar-refractivity contribution in [1.29, 1.82) is 0 Å². The molecule has 0 atom stereocenters. The van der Waals surface area contributed by atoms with Crippen LogP contribution in [0.3, 0.4) is 0 Å². The van der Waals surface area contributed by atoms with Crippen molar-refractivity contribution in [3.63, 3.8) is 0 Å². The van der Waals surface area contributed by atoms with Gasteiger partial charge in [0.1, 0.15) is 11.6 Å². The molecule has 5 heteroatoms. The molecular weight excluding hydrogens is 243 g/mol. The smallest absolute Gasteiger partial charge is 0.141 e. The molecule has 0 radical (unpaired) electrons. The van der Waals surface area contributed by atoms with Gasteiger partial charge in [0.05, 0.1) is 6.20 Å². The van der Waals surface area contributed by atoms with E-state index >= 15 is 0 Å². The normalized spacial score (nSPS) is 11.1. The molecule has 0 aromatic carbocycles. The van der Waals surface area contributed by atoms with Gasteiger partial charge in [-0.15, -0.1) is 0 Å². The van der Waals surface area contributed by atoms with Crippen LogP contribution in [0.1, 0.15) is 18.9 Å². The minimum atomic E-state index is -0.279. The topological polar surface area (TPSA) is 31.4 Å². The molecule has 0 amide bonds. The highest BCUT2D eigenvalue weighted by molar-refractivity contribution is 5.46. The van der Waals surface area contributed by atoms with Gasteiger partial charge < -0.3 is 15.1 Å². The molecule has 0 aliphatic heterocycles. The number of hydrogen-bond acceptors (Lipinski definition) is 4. The summed E-state index contributed by atoms with van der Waals surface area (Å²) in [5.41, 5.74) is 0.911. The van der Waals surface area contributed by atoms with E-state index in [2.05, 4.69) is 41.1 Å². The van der Waals surface area contributed by atoms with Crippen molar-refractivity contribution in [2.24, 2.45) is 0 Å². The summed E-state index contributed by atoms with van der Waals surface area (Å²) in [5.74, 6) is 0.607. The van der Waals surface area contributed by atoms with Crippen LogP contribution in [0.2, 0.25) is 0 Å². The van der Waals surface area contributed by atoms with Crippen LogP contribution in [0, 0.1) is 5.82 Å². The molecule has 1 aromatic rings. The molecule has 0 aliphatic rings. The summed E-state index contributed by atoms with van der Waals surface area (Å²) in [4.78, 5) is 8.63. The van der Waals surface area contributed by atoms with Gasteiger partial charge in [0.25, 0.3) is 0 Å². The molecule has 0 fully saturated rings. The lowest BCUT2D eigenvalue weighted by atomic mass is 10.2. The molecular formula is C14H25FN4. The van der Waals surface area contributed by atoms with E-state index in [0.717, 1.165) is 37.4 Å². The Kier molecular flexibility index (Phi) is 6.73. The SMILES string of the molecule is CCN(CCCN(C)C)c1ncc(F)cc1CNC. The summed E-state index contributed by atoms with van der Waals surface area (Å²) in [6, 6.07) is 1.56. The van der Waals surface area contributed by atoms with Crippen LogP contribution < -0.4 is 10.2 Å². The Morgan fingerprint density at radius 3 is 2.63 bits per heavy atom. The fourth-order valence-corrected chi connectivity index (χ4v) is 2.07. The van der Waals surface area contributed by atoms with Crippen LogP contribution in [0.25, 0.3) is 0 Å². The molecule has 0 aliphatic carbocycles. The number of aromatic nitrogens is 1. The van der Waals surface area contributed by atoms with E-state index in [-0.39, 0.29) is 5.82 Å². The highest BCUT2D eigenvalue weighted by Crippen LogP contribution is 2.18. The van der Waals surface area contributed by atoms with Gasteiger partial charge in [0.2, 0.25) is 0 Å². The first-order valence-corrected chi connectivity index (χ1v) is 6.77. The zero-order chi connectivity index (χ0) is 14.3. The van der Waals surface area contributed by atoms with Crippen molar-refractivity contribution in [1.82, 2.24) is 15.2 Å². The molecule has 1 N–H and O–H groups in total. The minimum absolute atomic E-state index is 0.279. The molecule has 1 rings (SSSR count). The number of pyridine rings is 1. The highest BCUT2D eigenvalue weighted by Gasteiger charge is 2.12. The summed E-state index contributed by atoms with van der Waals surface area (Å²) in [6.07, 6.45) is 2.36. The summed E-state index contributed by atoms with van der Waals surface area (Å²) in [5, 5.41) is 3.06. The van der Waals surface area contributed by atoms with Gasteiger partial charge in [-0.1, -0.05) is 0 Å². The third-order valence-electron chi connectivity index (χ3n) is 2.99. The van der Waals surface area contributed by atoms with Crippen LogP contribution in [-0.2, 0) is 6.54 Å². The van der Waals surface area contributed by atoms with E-state index in [0.29, 0.717) is 6.54 Å². The Morgan fingerprint density at radius 1 is 1.32 bits per heavy atom. The molecule has 0 saturated carbocycles. The quantitative estimate of drug-likeness (QED) is 0.778.